The second-order valence-corrected chi connectivity index (χ2v) is 5.77. The van der Waals surface area contributed by atoms with Crippen LogP contribution >= 0.6 is 11.6 Å². The van der Waals surface area contributed by atoms with Gasteiger partial charge < -0.3 is 10.1 Å². The van der Waals surface area contributed by atoms with Crippen LogP contribution in [0, 0.1) is 0 Å². The van der Waals surface area contributed by atoms with Crippen molar-refractivity contribution in [3.05, 3.63) is 28.8 Å². The minimum atomic E-state index is -0.106. The quantitative estimate of drug-likeness (QED) is 0.909. The Morgan fingerprint density at radius 1 is 1.48 bits per heavy atom. The molecule has 4 nitrogen and oxygen atoms in total. The van der Waals surface area contributed by atoms with Gasteiger partial charge in [0.25, 0.3) is 5.91 Å². The highest BCUT2D eigenvalue weighted by Gasteiger charge is 2.22. The van der Waals surface area contributed by atoms with E-state index in [1.165, 1.54) is 12.8 Å². The van der Waals surface area contributed by atoms with Crippen LogP contribution in [0.15, 0.2) is 18.2 Å². The van der Waals surface area contributed by atoms with Crippen molar-refractivity contribution in [1.82, 2.24) is 10.2 Å². The monoisotopic (exact) mass is 310 g/mol. The summed E-state index contributed by atoms with van der Waals surface area (Å²) in [5.41, 5.74) is 0.528. The molecule has 1 aromatic rings. The van der Waals surface area contributed by atoms with E-state index in [9.17, 15) is 4.79 Å². The lowest BCUT2D eigenvalue weighted by molar-refractivity contribution is 0.0915. The lowest BCUT2D eigenvalue weighted by atomic mass is 10.0. The highest BCUT2D eigenvalue weighted by atomic mass is 35.5. The van der Waals surface area contributed by atoms with E-state index in [4.69, 9.17) is 16.3 Å². The first-order chi connectivity index (χ1) is 10.2. The molecule has 0 spiro atoms. The number of halogens is 1. The summed E-state index contributed by atoms with van der Waals surface area (Å²) >= 11 is 5.92. The van der Waals surface area contributed by atoms with Crippen LogP contribution in [-0.4, -0.2) is 43.6 Å². The molecule has 1 aliphatic heterocycles. The zero-order valence-corrected chi connectivity index (χ0v) is 13.4. The number of rotatable bonds is 5. The average molecular weight is 311 g/mol. The predicted molar refractivity (Wildman–Crippen MR) is 85.2 cm³/mol. The van der Waals surface area contributed by atoms with Gasteiger partial charge in [0.05, 0.1) is 12.7 Å². The van der Waals surface area contributed by atoms with Gasteiger partial charge in [-0.1, -0.05) is 24.9 Å². The molecule has 1 heterocycles. The molecule has 0 radical (unpaired) electrons. The van der Waals surface area contributed by atoms with Crippen molar-refractivity contribution >= 4 is 17.5 Å². The molecule has 1 saturated heterocycles. The van der Waals surface area contributed by atoms with Gasteiger partial charge in [0, 0.05) is 17.6 Å². The molecule has 2 rings (SSSR count). The van der Waals surface area contributed by atoms with Crippen LogP contribution < -0.4 is 10.1 Å². The van der Waals surface area contributed by atoms with Gasteiger partial charge in [-0.2, -0.15) is 0 Å². The summed E-state index contributed by atoms with van der Waals surface area (Å²) in [7, 11) is 1.54. The largest absolute Gasteiger partial charge is 0.496 e. The van der Waals surface area contributed by atoms with Crippen LogP contribution in [0.5, 0.6) is 5.75 Å². The maximum absolute atomic E-state index is 12.3. The number of nitrogens with zero attached hydrogens (tertiary/aromatic N) is 1. The van der Waals surface area contributed by atoms with Crippen molar-refractivity contribution in [2.24, 2.45) is 0 Å². The van der Waals surface area contributed by atoms with Gasteiger partial charge >= 0.3 is 0 Å². The number of likely N-dealkylation sites (N-methyl/N-ethyl adjacent to an activating group) is 1. The zero-order chi connectivity index (χ0) is 15.2. The second kappa shape index (κ2) is 7.66. The zero-order valence-electron chi connectivity index (χ0n) is 12.7. The van der Waals surface area contributed by atoms with Gasteiger partial charge in [-0.25, -0.2) is 0 Å². The standard InChI is InChI=1S/C16H23ClN2O2/c1-3-19-9-5-4-6-13(19)11-18-16(20)14-8-7-12(17)10-15(14)21-2/h7-8,10,13H,3-6,9,11H2,1-2H3,(H,18,20). The smallest absolute Gasteiger partial charge is 0.255 e. The van der Waals surface area contributed by atoms with E-state index in [0.717, 1.165) is 19.5 Å². The molecular formula is C16H23ClN2O2. The fourth-order valence-electron chi connectivity index (χ4n) is 2.87. The maximum atomic E-state index is 12.3. The molecule has 1 amide bonds. The van der Waals surface area contributed by atoms with Crippen LogP contribution in [0.4, 0.5) is 0 Å². The van der Waals surface area contributed by atoms with Crippen LogP contribution in [0.1, 0.15) is 36.5 Å². The molecule has 1 N–H and O–H groups in total. The number of piperidine rings is 1. The first-order valence-corrected chi connectivity index (χ1v) is 7.89. The fourth-order valence-corrected chi connectivity index (χ4v) is 3.03. The summed E-state index contributed by atoms with van der Waals surface area (Å²) in [4.78, 5) is 14.8. The highest BCUT2D eigenvalue weighted by molar-refractivity contribution is 6.30. The molecule has 1 unspecified atom stereocenters. The van der Waals surface area contributed by atoms with Crippen molar-refractivity contribution in [2.45, 2.75) is 32.2 Å². The number of amides is 1. The first-order valence-electron chi connectivity index (χ1n) is 7.51. The van der Waals surface area contributed by atoms with E-state index in [0.29, 0.717) is 28.9 Å². The van der Waals surface area contributed by atoms with Crippen molar-refractivity contribution in [3.8, 4) is 5.75 Å². The minimum Gasteiger partial charge on any atom is -0.496 e. The topological polar surface area (TPSA) is 41.6 Å². The summed E-state index contributed by atoms with van der Waals surface area (Å²) in [6, 6.07) is 5.51. The Kier molecular flexibility index (Phi) is 5.88. The van der Waals surface area contributed by atoms with Gasteiger partial charge in [0.2, 0.25) is 0 Å². The van der Waals surface area contributed by atoms with Gasteiger partial charge in [-0.15, -0.1) is 0 Å². The molecule has 116 valence electrons. The third-order valence-corrected chi connectivity index (χ3v) is 4.30. The molecule has 0 aliphatic carbocycles. The third kappa shape index (κ3) is 4.11. The third-order valence-electron chi connectivity index (χ3n) is 4.06. The first kappa shape index (κ1) is 16.1. The molecule has 5 heteroatoms. The molecular weight excluding hydrogens is 288 g/mol. The summed E-state index contributed by atoms with van der Waals surface area (Å²) < 4.78 is 5.23. The van der Waals surface area contributed by atoms with Crippen molar-refractivity contribution < 1.29 is 9.53 Å². The van der Waals surface area contributed by atoms with Crippen LogP contribution in [0.3, 0.4) is 0 Å². The summed E-state index contributed by atoms with van der Waals surface area (Å²) in [6.45, 7) is 5.01. The lowest BCUT2D eigenvalue weighted by Gasteiger charge is -2.34. The molecule has 21 heavy (non-hydrogen) atoms. The number of likely N-dealkylation sites (tertiary alicyclic amines) is 1. The maximum Gasteiger partial charge on any atom is 0.255 e. The van der Waals surface area contributed by atoms with Crippen molar-refractivity contribution in [1.29, 1.82) is 0 Å². The Labute approximate surface area is 131 Å². The molecule has 1 fully saturated rings. The number of ether oxygens (including phenoxy) is 1. The predicted octanol–water partition coefficient (Wildman–Crippen LogP) is 2.95. The van der Waals surface area contributed by atoms with Crippen molar-refractivity contribution in [2.75, 3.05) is 26.7 Å². The van der Waals surface area contributed by atoms with E-state index >= 15 is 0 Å². The Hall–Kier alpha value is -1.26. The van der Waals surface area contributed by atoms with Crippen molar-refractivity contribution in [3.63, 3.8) is 0 Å². The average Bonchev–Trinajstić information content (AvgIpc) is 2.52. The number of benzene rings is 1. The van der Waals surface area contributed by atoms with E-state index < -0.39 is 0 Å². The number of carbonyl (C=O) groups is 1. The van der Waals surface area contributed by atoms with Crippen LogP contribution in [0.2, 0.25) is 5.02 Å². The van der Waals surface area contributed by atoms with E-state index in [1.807, 2.05) is 0 Å². The number of nitrogens with one attached hydrogen (secondary N) is 1. The normalized spacial score (nSPS) is 19.3. The summed E-state index contributed by atoms with van der Waals surface area (Å²) in [5, 5.41) is 3.59. The highest BCUT2D eigenvalue weighted by Crippen LogP contribution is 2.23. The molecule has 1 atom stereocenters. The Bertz CT molecular complexity index is 493. The number of hydrogen-bond acceptors (Lipinski definition) is 3. The molecule has 1 aliphatic rings. The summed E-state index contributed by atoms with van der Waals surface area (Å²) in [6.07, 6.45) is 3.64. The van der Waals surface area contributed by atoms with Gasteiger partial charge in [-0.05, 0) is 44.1 Å². The number of methoxy groups -OCH3 is 1. The fraction of sp³-hybridized carbons (Fsp3) is 0.562. The minimum absolute atomic E-state index is 0.106. The lowest BCUT2D eigenvalue weighted by Crippen LogP contribution is -2.46. The second-order valence-electron chi connectivity index (χ2n) is 5.33. The van der Waals surface area contributed by atoms with Gasteiger partial charge in [-0.3, -0.25) is 9.69 Å². The Balaban J connectivity index is 1.98. The van der Waals surface area contributed by atoms with E-state index in [2.05, 4.69) is 17.1 Å². The van der Waals surface area contributed by atoms with Gasteiger partial charge in [0.15, 0.2) is 0 Å². The SMILES string of the molecule is CCN1CCCCC1CNC(=O)c1ccc(Cl)cc1OC. The Morgan fingerprint density at radius 2 is 2.29 bits per heavy atom. The molecule has 0 bridgehead atoms. The molecule has 0 saturated carbocycles. The van der Waals surface area contributed by atoms with Crippen LogP contribution in [0.25, 0.3) is 0 Å². The van der Waals surface area contributed by atoms with Crippen LogP contribution in [-0.2, 0) is 0 Å². The Morgan fingerprint density at radius 3 is 3.00 bits per heavy atom. The number of hydrogen-bond donors (Lipinski definition) is 1. The summed E-state index contributed by atoms with van der Waals surface area (Å²) in [5.74, 6) is 0.404. The van der Waals surface area contributed by atoms with E-state index in [1.54, 1.807) is 25.3 Å². The molecule has 0 aromatic heterocycles. The number of carbonyl (C=O) groups excluding carboxylic acids is 1. The van der Waals surface area contributed by atoms with E-state index in [-0.39, 0.29) is 5.91 Å². The van der Waals surface area contributed by atoms with Gasteiger partial charge in [0.1, 0.15) is 5.75 Å². The molecule has 1 aromatic carbocycles.